The van der Waals surface area contributed by atoms with Crippen LogP contribution in [0.25, 0.3) is 0 Å². The largest absolute Gasteiger partial charge is 0.761 e. The summed E-state index contributed by atoms with van der Waals surface area (Å²) in [7, 11) is -6.26. The first-order valence-corrected chi connectivity index (χ1v) is 3.91. The summed E-state index contributed by atoms with van der Waals surface area (Å²) in [6.07, 6.45) is 0. The highest BCUT2D eigenvalue weighted by molar-refractivity contribution is 6.22. The van der Waals surface area contributed by atoms with Crippen molar-refractivity contribution in [3.63, 3.8) is 0 Å². The molecule has 0 aromatic carbocycles. The second-order valence-electron chi connectivity index (χ2n) is 0.565. The van der Waals surface area contributed by atoms with Crippen LogP contribution in [0.5, 0.6) is 0 Å². The Kier molecular flexibility index (Phi) is 17.9. The molecule has 0 amide bonds. The van der Waals surface area contributed by atoms with Crippen LogP contribution in [0.1, 0.15) is 0 Å². The van der Waals surface area contributed by atoms with E-state index in [1.165, 1.54) is 0 Å². The summed E-state index contributed by atoms with van der Waals surface area (Å²) in [5.41, 5.74) is 0. The maximum atomic E-state index is 8.74. The maximum absolute atomic E-state index is 8.74. The Morgan fingerprint density at radius 3 is 0.778 bits per heavy atom. The molecule has 0 saturated heterocycles. The first-order valence-electron chi connectivity index (χ1n) is 1.30. The molecule has 9 heteroatoms. The summed E-state index contributed by atoms with van der Waals surface area (Å²) < 4.78 is 17.5. The summed E-state index contributed by atoms with van der Waals surface area (Å²) in [5.74, 6) is 0. The zero-order chi connectivity index (χ0) is 7.15. The fraction of sp³-hybridized carbons (Fsp3) is 0. The molecule has 0 saturated carbocycles. The highest BCUT2D eigenvalue weighted by Crippen LogP contribution is 1.27. The Hall–Kier alpha value is -0.806. The minimum Gasteiger partial charge on any atom is -0.511 e. The molecule has 0 unspecified atom stereocenters. The molecule has 0 aliphatic rings. The molecular weight excluding hydrogens is 166 g/mol. The first-order chi connectivity index (χ1) is 3.46. The van der Waals surface area contributed by atoms with Crippen molar-refractivity contribution in [1.29, 1.82) is 0 Å². The molecule has 0 aliphatic heterocycles. The number of hydrogen-bond donors (Lipinski definition) is 5. The lowest BCUT2D eigenvalue weighted by molar-refractivity contribution is 0.328. The molecule has 0 aromatic rings. The van der Waals surface area contributed by atoms with Gasteiger partial charge in [-0.05, 0) is 0 Å². The van der Waals surface area contributed by atoms with Crippen LogP contribution in [-0.2, 0) is 8.92 Å². The van der Waals surface area contributed by atoms with Gasteiger partial charge in [0.1, 0.15) is 0 Å². The van der Waals surface area contributed by atoms with Crippen LogP contribution in [-0.4, -0.2) is 37.5 Å². The molecule has 7 nitrogen and oxygen atoms in total. The molecule has 0 radical (unpaired) electrons. The molecule has 0 atom stereocenters. The summed E-state index contributed by atoms with van der Waals surface area (Å²) in [6.45, 7) is 0. The molecule has 56 valence electrons. The fourth-order valence-corrected chi connectivity index (χ4v) is 0. The fourth-order valence-electron chi connectivity index (χ4n) is 0. The highest BCUT2D eigenvalue weighted by Gasteiger charge is 1.85. The Labute approximate surface area is 53.6 Å². The van der Waals surface area contributed by atoms with E-state index in [1.54, 1.807) is 0 Å². The third kappa shape index (κ3) is 299. The average Bonchev–Trinajstić information content (AvgIpc) is 1.25. The zero-order valence-electron chi connectivity index (χ0n) is 4.31. The molecule has 9 heavy (non-hydrogen) atoms. The normalized spacial score (nSPS) is 5.33. The van der Waals surface area contributed by atoms with Crippen molar-refractivity contribution in [3.05, 3.63) is 0 Å². The van der Waals surface area contributed by atoms with E-state index in [-0.39, 0.29) is 6.15 Å². The van der Waals surface area contributed by atoms with Gasteiger partial charge in [0, 0.05) is 0 Å². The van der Waals surface area contributed by atoms with Crippen LogP contribution in [0.4, 0.5) is 0 Å². The average molecular weight is 173 g/mol. The van der Waals surface area contributed by atoms with Crippen LogP contribution in [0.2, 0.25) is 0 Å². The van der Waals surface area contributed by atoms with Crippen molar-refractivity contribution in [2.75, 3.05) is 0 Å². The van der Waals surface area contributed by atoms with Gasteiger partial charge in [-0.3, -0.25) is 8.92 Å². The van der Waals surface area contributed by atoms with Crippen LogP contribution in [0.3, 0.4) is 0 Å². The van der Waals surface area contributed by atoms with Gasteiger partial charge >= 0.3 is 18.3 Å². The topological polar surface area (TPSA) is 150 Å². The molecule has 0 bridgehead atoms. The third-order valence-electron chi connectivity index (χ3n) is 0. The van der Waals surface area contributed by atoms with Crippen molar-refractivity contribution < 1.29 is 28.1 Å². The molecule has 0 aromatic heterocycles. The van der Waals surface area contributed by atoms with Gasteiger partial charge in [-0.2, -0.15) is 0 Å². The lowest BCUT2D eigenvalue weighted by atomic mass is 14.0. The standard InChI is InChI=1S/H3N.2H2O3Si/c;2*1-4(2)3/h1H3;2*1-2H. The second kappa shape index (κ2) is 10.2. The van der Waals surface area contributed by atoms with Gasteiger partial charge in [0.15, 0.2) is 0 Å². The molecule has 0 spiro atoms. The van der Waals surface area contributed by atoms with Gasteiger partial charge in [-0.25, -0.2) is 0 Å². The van der Waals surface area contributed by atoms with Gasteiger partial charge in [0.25, 0.3) is 0 Å². The summed E-state index contributed by atoms with van der Waals surface area (Å²) in [6, 6.07) is 0. The lowest BCUT2D eigenvalue weighted by Crippen LogP contribution is -1.90. The highest BCUT2D eigenvalue weighted by atomic mass is 28.3. The Bertz CT molecular complexity index is 69.1. The van der Waals surface area contributed by atoms with Crippen LogP contribution < -0.4 is 6.15 Å². The van der Waals surface area contributed by atoms with Gasteiger partial charge in [-0.15, -0.1) is 0 Å². The van der Waals surface area contributed by atoms with Crippen LogP contribution >= 0.6 is 0 Å². The molecule has 0 fully saturated rings. The van der Waals surface area contributed by atoms with Gasteiger partial charge in [-0.1, -0.05) is 0 Å². The van der Waals surface area contributed by atoms with Crippen molar-refractivity contribution in [3.8, 4) is 0 Å². The van der Waals surface area contributed by atoms with Crippen molar-refractivity contribution in [2.45, 2.75) is 0 Å². The molecule has 0 heterocycles. The SMILES string of the molecule is N.O=[Si](O)O.O=[Si](O)O. The van der Waals surface area contributed by atoms with Gasteiger partial charge in [0.05, 0.1) is 0 Å². The smallest absolute Gasteiger partial charge is 0.511 e. The summed E-state index contributed by atoms with van der Waals surface area (Å²) >= 11 is 0. The Morgan fingerprint density at radius 2 is 0.778 bits per heavy atom. The summed E-state index contributed by atoms with van der Waals surface area (Å²) in [4.78, 5) is 28.6. The minimum atomic E-state index is -3.13. The molecular formula is H7NO6Si2. The van der Waals surface area contributed by atoms with E-state index in [4.69, 9.17) is 28.1 Å². The summed E-state index contributed by atoms with van der Waals surface area (Å²) in [5, 5.41) is 0. The van der Waals surface area contributed by atoms with E-state index in [2.05, 4.69) is 0 Å². The van der Waals surface area contributed by atoms with Crippen LogP contribution in [0.15, 0.2) is 0 Å². The third-order valence-corrected chi connectivity index (χ3v) is 0. The van der Waals surface area contributed by atoms with Crippen molar-refractivity contribution in [2.24, 2.45) is 0 Å². The van der Waals surface area contributed by atoms with E-state index in [0.29, 0.717) is 0 Å². The van der Waals surface area contributed by atoms with Crippen molar-refractivity contribution in [1.82, 2.24) is 6.15 Å². The monoisotopic (exact) mass is 173 g/mol. The maximum Gasteiger partial charge on any atom is 0.761 e. The number of rotatable bonds is 0. The number of hydrogen-bond acceptors (Lipinski definition) is 3. The Morgan fingerprint density at radius 1 is 0.778 bits per heavy atom. The Balaban J connectivity index is -0.0000000720. The predicted molar refractivity (Wildman–Crippen MR) is 26.8 cm³/mol. The van der Waals surface area contributed by atoms with Crippen molar-refractivity contribution >= 4 is 18.3 Å². The van der Waals surface area contributed by atoms with E-state index >= 15 is 0 Å². The van der Waals surface area contributed by atoms with Gasteiger partial charge in [0.2, 0.25) is 0 Å². The van der Waals surface area contributed by atoms with Gasteiger partial charge < -0.3 is 25.3 Å². The first kappa shape index (κ1) is 15.7. The van der Waals surface area contributed by atoms with E-state index < -0.39 is 18.3 Å². The van der Waals surface area contributed by atoms with E-state index in [0.717, 1.165) is 0 Å². The van der Waals surface area contributed by atoms with E-state index in [9.17, 15) is 0 Å². The quantitative estimate of drug-likeness (QED) is 0.244. The lowest BCUT2D eigenvalue weighted by Gasteiger charge is -1.55. The van der Waals surface area contributed by atoms with Crippen LogP contribution in [0, 0.1) is 0 Å². The molecule has 0 rings (SSSR count). The van der Waals surface area contributed by atoms with E-state index in [1.807, 2.05) is 0 Å². The predicted octanol–water partition coefficient (Wildman–Crippen LogP) is -3.07. The second-order valence-corrected chi connectivity index (χ2v) is 1.70. The molecule has 0 aliphatic carbocycles. The minimum absolute atomic E-state index is 0. The zero-order valence-corrected chi connectivity index (χ0v) is 6.31. The molecule has 7 N–H and O–H groups in total.